The second-order valence-corrected chi connectivity index (χ2v) is 11.4. The minimum atomic E-state index is 0.0528. The van der Waals surface area contributed by atoms with Crippen LogP contribution in [0.3, 0.4) is 0 Å². The third-order valence-corrected chi connectivity index (χ3v) is 6.59. The van der Waals surface area contributed by atoms with Crippen molar-refractivity contribution in [2.75, 3.05) is 0 Å². The van der Waals surface area contributed by atoms with Crippen LogP contribution < -0.4 is 0 Å². The normalized spacial score (nSPS) is 12.3. The van der Waals surface area contributed by atoms with Crippen molar-refractivity contribution in [1.29, 1.82) is 0 Å². The number of fused-ring (bicyclic) bond motifs is 1. The highest BCUT2D eigenvalue weighted by molar-refractivity contribution is 5.83. The van der Waals surface area contributed by atoms with Gasteiger partial charge in [0.05, 0.1) is 5.69 Å². The molecular formula is C33H33NO. The fraction of sp³-hybridized carbons (Fsp3) is 0.242. The summed E-state index contributed by atoms with van der Waals surface area (Å²) in [5.74, 6) is 0.860. The highest BCUT2D eigenvalue weighted by Crippen LogP contribution is 2.36. The molecule has 2 aromatic heterocycles. The van der Waals surface area contributed by atoms with Gasteiger partial charge in [-0.2, -0.15) is 0 Å². The molecule has 2 heteroatoms. The second-order valence-electron chi connectivity index (χ2n) is 11.4. The molecule has 0 aliphatic carbocycles. The fourth-order valence-electron chi connectivity index (χ4n) is 4.35. The van der Waals surface area contributed by atoms with E-state index in [1.807, 2.05) is 18.2 Å². The average molecular weight is 460 g/mol. The van der Waals surface area contributed by atoms with E-state index >= 15 is 0 Å². The fourth-order valence-corrected chi connectivity index (χ4v) is 4.35. The summed E-state index contributed by atoms with van der Waals surface area (Å²) in [6.07, 6.45) is 0. The first kappa shape index (κ1) is 23.1. The summed E-state index contributed by atoms with van der Waals surface area (Å²) in [7, 11) is 0. The number of benzene rings is 3. The predicted octanol–water partition coefficient (Wildman–Crippen LogP) is 9.42. The molecule has 0 atom stereocenters. The zero-order valence-electron chi connectivity index (χ0n) is 21.5. The zero-order chi connectivity index (χ0) is 24.8. The van der Waals surface area contributed by atoms with Gasteiger partial charge in [-0.1, -0.05) is 96.1 Å². The molecule has 5 aromatic rings. The number of pyridine rings is 1. The van der Waals surface area contributed by atoms with E-state index in [2.05, 4.69) is 114 Å². The first-order valence-electron chi connectivity index (χ1n) is 12.3. The van der Waals surface area contributed by atoms with Gasteiger partial charge >= 0.3 is 0 Å². The SMILES string of the molecule is CC(C)(C)c1cc(-c2cc3nc(-c4cccc(-c5ccccc5)c4)ccc3o2)cc(C(C)(C)C)c1. The Morgan fingerprint density at radius 3 is 1.83 bits per heavy atom. The smallest absolute Gasteiger partial charge is 0.153 e. The quantitative estimate of drug-likeness (QED) is 0.268. The van der Waals surface area contributed by atoms with E-state index in [4.69, 9.17) is 9.40 Å². The third kappa shape index (κ3) is 4.79. The van der Waals surface area contributed by atoms with Crippen LogP contribution in [0, 0.1) is 0 Å². The molecule has 0 N–H and O–H groups in total. The summed E-state index contributed by atoms with van der Waals surface area (Å²) in [6.45, 7) is 13.6. The molecular weight excluding hydrogens is 426 g/mol. The van der Waals surface area contributed by atoms with Gasteiger partial charge in [-0.05, 0) is 63.4 Å². The topological polar surface area (TPSA) is 26.0 Å². The Kier molecular flexibility index (Phi) is 5.63. The largest absolute Gasteiger partial charge is 0.454 e. The van der Waals surface area contributed by atoms with Gasteiger partial charge in [0.1, 0.15) is 11.3 Å². The van der Waals surface area contributed by atoms with Crippen molar-refractivity contribution in [1.82, 2.24) is 4.98 Å². The molecule has 2 heterocycles. The predicted molar refractivity (Wildman–Crippen MR) is 148 cm³/mol. The molecule has 5 rings (SSSR count). The van der Waals surface area contributed by atoms with Crippen molar-refractivity contribution in [3.05, 3.63) is 102 Å². The zero-order valence-corrected chi connectivity index (χ0v) is 21.5. The molecule has 0 fully saturated rings. The van der Waals surface area contributed by atoms with Crippen LogP contribution >= 0.6 is 0 Å². The van der Waals surface area contributed by atoms with Gasteiger partial charge in [-0.15, -0.1) is 0 Å². The Morgan fingerprint density at radius 1 is 0.543 bits per heavy atom. The van der Waals surface area contributed by atoms with Crippen LogP contribution in [0.25, 0.3) is 44.8 Å². The molecule has 0 aliphatic rings. The molecule has 0 amide bonds. The maximum absolute atomic E-state index is 6.31. The average Bonchev–Trinajstić information content (AvgIpc) is 3.27. The first-order valence-corrected chi connectivity index (χ1v) is 12.3. The monoisotopic (exact) mass is 459 g/mol. The molecule has 0 spiro atoms. The summed E-state index contributed by atoms with van der Waals surface area (Å²) in [4.78, 5) is 4.98. The summed E-state index contributed by atoms with van der Waals surface area (Å²) in [5, 5.41) is 0. The third-order valence-electron chi connectivity index (χ3n) is 6.59. The minimum absolute atomic E-state index is 0.0528. The van der Waals surface area contributed by atoms with E-state index in [9.17, 15) is 0 Å². The number of aromatic nitrogens is 1. The minimum Gasteiger partial charge on any atom is -0.454 e. The number of nitrogens with zero attached hydrogens (tertiary/aromatic N) is 1. The van der Waals surface area contributed by atoms with Gasteiger partial charge in [0, 0.05) is 17.2 Å². The Bertz CT molecular complexity index is 1460. The lowest BCUT2D eigenvalue weighted by Crippen LogP contribution is -2.16. The van der Waals surface area contributed by atoms with E-state index in [0.717, 1.165) is 33.7 Å². The second kappa shape index (κ2) is 8.53. The highest BCUT2D eigenvalue weighted by atomic mass is 16.3. The summed E-state index contributed by atoms with van der Waals surface area (Å²) in [6, 6.07) is 32.0. The van der Waals surface area contributed by atoms with E-state index < -0.39 is 0 Å². The molecule has 3 aromatic carbocycles. The molecule has 2 nitrogen and oxygen atoms in total. The summed E-state index contributed by atoms with van der Waals surface area (Å²) >= 11 is 0. The van der Waals surface area contributed by atoms with E-state index in [-0.39, 0.29) is 10.8 Å². The van der Waals surface area contributed by atoms with Gasteiger partial charge in [0.25, 0.3) is 0 Å². The standard InChI is InChI=1S/C33H33NO/c1-32(2,3)26-18-25(19-27(20-26)33(4,5)6)31-21-29-30(35-31)16-15-28(34-29)24-14-10-13-23(17-24)22-11-8-7-9-12-22/h7-21H,1-6H3. The number of furan rings is 1. The lowest BCUT2D eigenvalue weighted by atomic mass is 9.79. The molecule has 0 aliphatic heterocycles. The van der Waals surface area contributed by atoms with Crippen LogP contribution in [0.15, 0.2) is 95.4 Å². The molecule has 0 saturated carbocycles. The van der Waals surface area contributed by atoms with Crippen LogP contribution in [-0.4, -0.2) is 4.98 Å². The van der Waals surface area contributed by atoms with Crippen LogP contribution in [0.4, 0.5) is 0 Å². The Balaban J connectivity index is 1.57. The summed E-state index contributed by atoms with van der Waals surface area (Å²) < 4.78 is 6.31. The van der Waals surface area contributed by atoms with Crippen molar-refractivity contribution < 1.29 is 4.42 Å². The molecule has 0 radical (unpaired) electrons. The van der Waals surface area contributed by atoms with Crippen molar-refractivity contribution in [2.45, 2.75) is 52.4 Å². The molecule has 35 heavy (non-hydrogen) atoms. The molecule has 0 bridgehead atoms. The molecule has 176 valence electrons. The van der Waals surface area contributed by atoms with Crippen molar-refractivity contribution in [3.63, 3.8) is 0 Å². The number of hydrogen-bond donors (Lipinski definition) is 0. The van der Waals surface area contributed by atoms with Gasteiger partial charge < -0.3 is 4.42 Å². The van der Waals surface area contributed by atoms with E-state index in [1.165, 1.54) is 22.3 Å². The molecule has 0 saturated heterocycles. The van der Waals surface area contributed by atoms with Crippen molar-refractivity contribution in [2.24, 2.45) is 0 Å². The van der Waals surface area contributed by atoms with Gasteiger partial charge in [0.2, 0.25) is 0 Å². The maximum atomic E-state index is 6.31. The van der Waals surface area contributed by atoms with E-state index in [0.29, 0.717) is 0 Å². The van der Waals surface area contributed by atoms with E-state index in [1.54, 1.807) is 0 Å². The van der Waals surface area contributed by atoms with Crippen LogP contribution in [-0.2, 0) is 10.8 Å². The van der Waals surface area contributed by atoms with Crippen molar-refractivity contribution >= 4 is 11.1 Å². The van der Waals surface area contributed by atoms with Crippen molar-refractivity contribution in [3.8, 4) is 33.7 Å². The van der Waals surface area contributed by atoms with Gasteiger partial charge in [-0.25, -0.2) is 4.98 Å². The molecule has 0 unspecified atom stereocenters. The number of hydrogen-bond acceptors (Lipinski definition) is 2. The Hall–Kier alpha value is -3.65. The number of rotatable bonds is 3. The lowest BCUT2D eigenvalue weighted by molar-refractivity contribution is 0.567. The van der Waals surface area contributed by atoms with Gasteiger partial charge in [-0.3, -0.25) is 0 Å². The van der Waals surface area contributed by atoms with Gasteiger partial charge in [0.15, 0.2) is 5.58 Å². The Labute approximate surface area is 208 Å². The lowest BCUT2D eigenvalue weighted by Gasteiger charge is -2.26. The maximum Gasteiger partial charge on any atom is 0.153 e. The van der Waals surface area contributed by atoms with Crippen LogP contribution in [0.2, 0.25) is 0 Å². The summed E-state index contributed by atoms with van der Waals surface area (Å²) in [5.41, 5.74) is 9.95. The highest BCUT2D eigenvalue weighted by Gasteiger charge is 2.22. The first-order chi connectivity index (χ1) is 16.6. The Morgan fingerprint density at radius 2 is 1.17 bits per heavy atom. The van der Waals surface area contributed by atoms with Crippen LogP contribution in [0.1, 0.15) is 52.7 Å². The van der Waals surface area contributed by atoms with Crippen LogP contribution in [0.5, 0.6) is 0 Å².